The van der Waals surface area contributed by atoms with Gasteiger partial charge in [0.05, 0.1) is 6.54 Å². The van der Waals surface area contributed by atoms with E-state index < -0.39 is 0 Å². The summed E-state index contributed by atoms with van der Waals surface area (Å²) < 4.78 is 5.76. The highest BCUT2D eigenvalue weighted by atomic mass is 16.5. The van der Waals surface area contributed by atoms with Crippen LogP contribution in [0.25, 0.3) is 0 Å². The van der Waals surface area contributed by atoms with E-state index in [2.05, 4.69) is 40.7 Å². The molecule has 1 aliphatic carbocycles. The van der Waals surface area contributed by atoms with Crippen molar-refractivity contribution >= 4 is 0 Å². The molecule has 1 aromatic carbocycles. The number of ether oxygens (including phenoxy) is 1. The fraction of sp³-hybridized carbons (Fsp3) is 0.538. The first-order chi connectivity index (χ1) is 8.42. The average Bonchev–Trinajstić information content (AvgIpc) is 3.01. The molecule has 4 heteroatoms. The van der Waals surface area contributed by atoms with E-state index in [0.717, 1.165) is 18.2 Å². The highest BCUT2D eigenvalue weighted by Gasteiger charge is 2.18. The van der Waals surface area contributed by atoms with Gasteiger partial charge in [0.2, 0.25) is 0 Å². The van der Waals surface area contributed by atoms with Gasteiger partial charge in [0, 0.05) is 0 Å². The normalized spacial score (nSPS) is 25.3. The Labute approximate surface area is 102 Å². The van der Waals surface area contributed by atoms with Crippen molar-refractivity contribution in [3.8, 4) is 5.75 Å². The Morgan fingerprint density at radius 2 is 1.82 bits per heavy atom. The molecule has 0 spiro atoms. The lowest BCUT2D eigenvalue weighted by Crippen LogP contribution is -2.36. The third kappa shape index (κ3) is 2.60. The Balaban J connectivity index is 1.62. The summed E-state index contributed by atoms with van der Waals surface area (Å²) in [4.78, 5) is 0. The van der Waals surface area contributed by atoms with Crippen molar-refractivity contribution in [3.63, 3.8) is 0 Å². The molecule has 4 nitrogen and oxygen atoms in total. The number of hydrazine groups is 2. The van der Waals surface area contributed by atoms with Gasteiger partial charge in [-0.2, -0.15) is 5.53 Å². The van der Waals surface area contributed by atoms with Crippen LogP contribution in [0.2, 0.25) is 0 Å². The molecule has 3 rings (SSSR count). The van der Waals surface area contributed by atoms with Gasteiger partial charge < -0.3 is 4.74 Å². The van der Waals surface area contributed by atoms with Crippen LogP contribution in [0, 0.1) is 0 Å². The maximum absolute atomic E-state index is 5.76. The quantitative estimate of drug-likeness (QED) is 0.743. The molecule has 0 amide bonds. The lowest BCUT2D eigenvalue weighted by Gasteiger charge is -2.14. The molecule has 1 aliphatic heterocycles. The zero-order valence-electron chi connectivity index (χ0n) is 9.91. The Bertz CT molecular complexity index is 353. The molecule has 2 fully saturated rings. The fourth-order valence-electron chi connectivity index (χ4n) is 2.64. The van der Waals surface area contributed by atoms with E-state index in [9.17, 15) is 0 Å². The molecule has 17 heavy (non-hydrogen) atoms. The van der Waals surface area contributed by atoms with E-state index in [1.807, 2.05) is 0 Å². The summed E-state index contributed by atoms with van der Waals surface area (Å²) in [6, 6.07) is 8.57. The van der Waals surface area contributed by atoms with Crippen LogP contribution in [0.3, 0.4) is 0 Å². The number of rotatable bonds is 3. The Kier molecular flexibility index (Phi) is 3.27. The first-order valence-corrected chi connectivity index (χ1v) is 6.42. The summed E-state index contributed by atoms with van der Waals surface area (Å²) >= 11 is 0. The van der Waals surface area contributed by atoms with Crippen LogP contribution in [0.4, 0.5) is 0 Å². The number of hydrogen-bond donors (Lipinski definition) is 3. The minimum Gasteiger partial charge on any atom is -0.473 e. The average molecular weight is 233 g/mol. The molecule has 2 aliphatic rings. The van der Waals surface area contributed by atoms with Crippen LogP contribution >= 0.6 is 0 Å². The highest BCUT2D eigenvalue weighted by molar-refractivity contribution is 5.30. The molecule has 1 heterocycles. The predicted molar refractivity (Wildman–Crippen MR) is 66.3 cm³/mol. The topological polar surface area (TPSA) is 45.3 Å². The Morgan fingerprint density at radius 3 is 2.47 bits per heavy atom. The van der Waals surface area contributed by atoms with Gasteiger partial charge in [-0.25, -0.2) is 10.9 Å². The van der Waals surface area contributed by atoms with Gasteiger partial charge in [-0.3, -0.25) is 0 Å². The smallest absolute Gasteiger partial charge is 0.177 e. The monoisotopic (exact) mass is 233 g/mol. The van der Waals surface area contributed by atoms with Crippen LogP contribution in [0.1, 0.15) is 37.2 Å². The first-order valence-electron chi connectivity index (χ1n) is 6.42. The van der Waals surface area contributed by atoms with Crippen LogP contribution in [-0.4, -0.2) is 12.8 Å². The van der Waals surface area contributed by atoms with Crippen LogP contribution in [0.5, 0.6) is 5.75 Å². The molecule has 1 saturated carbocycles. The third-order valence-corrected chi connectivity index (χ3v) is 3.59. The van der Waals surface area contributed by atoms with Crippen LogP contribution in [0.15, 0.2) is 24.3 Å². The van der Waals surface area contributed by atoms with E-state index in [0.29, 0.717) is 0 Å². The summed E-state index contributed by atoms with van der Waals surface area (Å²) in [6.07, 6.45) is 5.46. The summed E-state index contributed by atoms with van der Waals surface area (Å²) in [5.74, 6) is 1.70. The minimum atomic E-state index is 0.00679. The highest BCUT2D eigenvalue weighted by Crippen LogP contribution is 2.34. The standard InChI is InChI=1S/C13H19N3O/c1-2-4-10(3-1)11-5-7-12(8-6-11)17-13-9-14-16-15-13/h5-8,10,13-16H,1-4,9H2. The van der Waals surface area contributed by atoms with Crippen molar-refractivity contribution in [1.82, 2.24) is 16.4 Å². The van der Waals surface area contributed by atoms with Crippen LogP contribution < -0.4 is 21.1 Å². The van der Waals surface area contributed by atoms with E-state index in [1.54, 1.807) is 0 Å². The Hall–Kier alpha value is -1.10. The molecule has 1 unspecified atom stereocenters. The second kappa shape index (κ2) is 5.04. The largest absolute Gasteiger partial charge is 0.473 e. The van der Waals surface area contributed by atoms with E-state index in [1.165, 1.54) is 31.2 Å². The first kappa shape index (κ1) is 11.0. The van der Waals surface area contributed by atoms with Gasteiger partial charge in [0.1, 0.15) is 5.75 Å². The number of hydrogen-bond acceptors (Lipinski definition) is 4. The molecule has 92 valence electrons. The van der Waals surface area contributed by atoms with Crippen molar-refractivity contribution < 1.29 is 4.74 Å². The summed E-state index contributed by atoms with van der Waals surface area (Å²) in [5, 5.41) is 0. The molecule has 1 saturated heterocycles. The van der Waals surface area contributed by atoms with Crippen LogP contribution in [-0.2, 0) is 0 Å². The van der Waals surface area contributed by atoms with Gasteiger partial charge in [-0.1, -0.05) is 25.0 Å². The third-order valence-electron chi connectivity index (χ3n) is 3.59. The summed E-state index contributed by atoms with van der Waals surface area (Å²) in [6.45, 7) is 0.768. The minimum absolute atomic E-state index is 0.00679. The van der Waals surface area contributed by atoms with Gasteiger partial charge in [-0.15, -0.1) is 0 Å². The van der Waals surface area contributed by atoms with Crippen molar-refractivity contribution in [2.75, 3.05) is 6.54 Å². The number of benzene rings is 1. The van der Waals surface area contributed by atoms with E-state index in [-0.39, 0.29) is 6.23 Å². The van der Waals surface area contributed by atoms with Gasteiger partial charge in [0.25, 0.3) is 0 Å². The van der Waals surface area contributed by atoms with Gasteiger partial charge >= 0.3 is 0 Å². The molecular formula is C13H19N3O. The second-order valence-electron chi connectivity index (χ2n) is 4.81. The summed E-state index contributed by atoms with van der Waals surface area (Å²) in [5.41, 5.74) is 10.2. The predicted octanol–water partition coefficient (Wildman–Crippen LogP) is 1.66. The van der Waals surface area contributed by atoms with Gasteiger partial charge in [0.15, 0.2) is 6.23 Å². The lowest BCUT2D eigenvalue weighted by atomic mass is 9.98. The molecule has 0 aromatic heterocycles. The SMILES string of the molecule is c1cc(C2CCCC2)ccc1OC1CNNN1. The lowest BCUT2D eigenvalue weighted by molar-refractivity contribution is 0.191. The molecule has 3 N–H and O–H groups in total. The second-order valence-corrected chi connectivity index (χ2v) is 4.81. The van der Waals surface area contributed by atoms with E-state index >= 15 is 0 Å². The molecule has 1 atom stereocenters. The number of nitrogens with one attached hydrogen (secondary N) is 3. The maximum atomic E-state index is 5.76. The fourth-order valence-corrected chi connectivity index (χ4v) is 2.64. The maximum Gasteiger partial charge on any atom is 0.177 e. The molecular weight excluding hydrogens is 214 g/mol. The molecule has 1 aromatic rings. The zero-order valence-corrected chi connectivity index (χ0v) is 9.91. The van der Waals surface area contributed by atoms with Crippen molar-refractivity contribution in [2.45, 2.75) is 37.8 Å². The zero-order chi connectivity index (χ0) is 11.5. The Morgan fingerprint density at radius 1 is 1.06 bits per heavy atom. The van der Waals surface area contributed by atoms with E-state index in [4.69, 9.17) is 4.74 Å². The van der Waals surface area contributed by atoms with Crippen molar-refractivity contribution in [3.05, 3.63) is 29.8 Å². The van der Waals surface area contributed by atoms with Gasteiger partial charge in [-0.05, 0) is 36.5 Å². The van der Waals surface area contributed by atoms with Crippen molar-refractivity contribution in [1.29, 1.82) is 0 Å². The van der Waals surface area contributed by atoms with Crippen molar-refractivity contribution in [2.24, 2.45) is 0 Å². The summed E-state index contributed by atoms with van der Waals surface area (Å²) in [7, 11) is 0. The molecule has 0 radical (unpaired) electrons. The molecule has 0 bridgehead atoms.